The second-order valence-corrected chi connectivity index (χ2v) is 11.7. The second kappa shape index (κ2) is 10.7. The number of carbonyl (C=O) groups is 1. The Hall–Kier alpha value is -2.80. The Bertz CT molecular complexity index is 1410. The van der Waals surface area contributed by atoms with Crippen molar-refractivity contribution in [1.82, 2.24) is 4.90 Å². The Balaban J connectivity index is 1.42. The van der Waals surface area contributed by atoms with Crippen molar-refractivity contribution in [3.8, 4) is 16.2 Å². The standard InChI is InChI=1S/C28H28NO5PS/c30-27(20-9-11-22(12-10-20)34-18-17-29-15-5-2-6-16-29)26-24-14-13-23(35(31,32)33)19-25(24)36-28(26)21-7-3-1-4-8-21/h1,3-4,7-14,19H,2,5-6,15-18H2,(H2,31,32,33). The van der Waals surface area contributed by atoms with Crippen molar-refractivity contribution in [1.29, 1.82) is 0 Å². The fourth-order valence-corrected chi connectivity index (χ4v) is 6.51. The molecule has 2 N–H and O–H groups in total. The third kappa shape index (κ3) is 5.46. The summed E-state index contributed by atoms with van der Waals surface area (Å²) in [6.45, 7) is 3.77. The van der Waals surface area contributed by atoms with E-state index in [4.69, 9.17) is 4.74 Å². The number of rotatable bonds is 8. The van der Waals surface area contributed by atoms with Crippen LogP contribution in [0.5, 0.6) is 5.75 Å². The van der Waals surface area contributed by atoms with Crippen LogP contribution in [0.4, 0.5) is 0 Å². The highest BCUT2D eigenvalue weighted by Gasteiger charge is 2.24. The van der Waals surface area contributed by atoms with Crippen molar-refractivity contribution in [3.63, 3.8) is 0 Å². The molecule has 0 amide bonds. The van der Waals surface area contributed by atoms with Gasteiger partial charge in [0.15, 0.2) is 5.78 Å². The molecule has 186 valence electrons. The van der Waals surface area contributed by atoms with Gasteiger partial charge in [-0.15, -0.1) is 11.3 Å². The second-order valence-electron chi connectivity index (χ2n) is 9.00. The van der Waals surface area contributed by atoms with Gasteiger partial charge in [-0.1, -0.05) is 42.8 Å². The number of likely N-dealkylation sites (tertiary alicyclic amines) is 1. The van der Waals surface area contributed by atoms with Crippen molar-refractivity contribution in [3.05, 3.63) is 83.9 Å². The van der Waals surface area contributed by atoms with Gasteiger partial charge in [-0.3, -0.25) is 14.3 Å². The summed E-state index contributed by atoms with van der Waals surface area (Å²) in [6.07, 6.45) is 3.81. The molecule has 2 heterocycles. The molecule has 5 rings (SSSR count). The van der Waals surface area contributed by atoms with Gasteiger partial charge in [0.1, 0.15) is 12.4 Å². The number of fused-ring (bicyclic) bond motifs is 1. The van der Waals surface area contributed by atoms with Gasteiger partial charge in [-0.25, -0.2) is 0 Å². The van der Waals surface area contributed by atoms with E-state index >= 15 is 0 Å². The van der Waals surface area contributed by atoms with Crippen molar-refractivity contribution >= 4 is 40.1 Å². The molecule has 0 unspecified atom stereocenters. The minimum Gasteiger partial charge on any atom is -0.492 e. The Morgan fingerprint density at radius 1 is 0.944 bits per heavy atom. The van der Waals surface area contributed by atoms with Gasteiger partial charge in [0.25, 0.3) is 0 Å². The van der Waals surface area contributed by atoms with Gasteiger partial charge in [-0.05, 0) is 67.9 Å². The van der Waals surface area contributed by atoms with Crippen LogP contribution in [0.3, 0.4) is 0 Å². The van der Waals surface area contributed by atoms with Crippen LogP contribution >= 0.6 is 18.9 Å². The summed E-state index contributed by atoms with van der Waals surface area (Å²) in [5.74, 6) is 0.595. The number of hydrogen-bond donors (Lipinski definition) is 2. The SMILES string of the molecule is O=C(c1ccc(OCCN2CCCCC2)cc1)c1c(-c2ccccc2)sc2cc(P(=O)(O)O)ccc12. The summed E-state index contributed by atoms with van der Waals surface area (Å²) in [6, 6.07) is 21.3. The van der Waals surface area contributed by atoms with E-state index in [-0.39, 0.29) is 11.1 Å². The molecule has 6 nitrogen and oxygen atoms in total. The van der Waals surface area contributed by atoms with E-state index in [0.717, 1.165) is 35.8 Å². The molecular formula is C28H28NO5PS. The first-order chi connectivity index (χ1) is 17.4. The molecule has 0 bridgehead atoms. The number of ketones is 1. The number of hydrogen-bond acceptors (Lipinski definition) is 5. The van der Waals surface area contributed by atoms with E-state index in [9.17, 15) is 19.1 Å². The quantitative estimate of drug-likeness (QED) is 0.236. The average Bonchev–Trinajstić information content (AvgIpc) is 3.28. The molecule has 0 radical (unpaired) electrons. The number of carbonyl (C=O) groups excluding carboxylic acids is 1. The van der Waals surface area contributed by atoms with E-state index in [1.165, 1.54) is 42.7 Å². The van der Waals surface area contributed by atoms with Crippen LogP contribution in [0.25, 0.3) is 20.5 Å². The molecule has 1 fully saturated rings. The van der Waals surface area contributed by atoms with Gasteiger partial charge in [0.2, 0.25) is 0 Å². The molecule has 1 aliphatic heterocycles. The molecule has 4 aromatic rings. The first-order valence-corrected chi connectivity index (χ1v) is 14.5. The zero-order chi connectivity index (χ0) is 25.1. The topological polar surface area (TPSA) is 87.1 Å². The van der Waals surface area contributed by atoms with Gasteiger partial charge in [-0.2, -0.15) is 0 Å². The number of thiophene rings is 1. The molecule has 3 aromatic carbocycles. The summed E-state index contributed by atoms with van der Waals surface area (Å²) < 4.78 is 18.4. The van der Waals surface area contributed by atoms with Crippen molar-refractivity contribution in [2.45, 2.75) is 19.3 Å². The fraction of sp³-hybridized carbons (Fsp3) is 0.250. The average molecular weight is 522 g/mol. The highest BCUT2D eigenvalue weighted by atomic mass is 32.1. The number of benzene rings is 3. The summed E-state index contributed by atoms with van der Waals surface area (Å²) in [5.41, 5.74) is 1.96. The third-order valence-corrected chi connectivity index (χ3v) is 8.67. The molecule has 0 spiro atoms. The molecular weight excluding hydrogens is 493 g/mol. The summed E-state index contributed by atoms with van der Waals surface area (Å²) in [4.78, 5) is 36.2. The zero-order valence-corrected chi connectivity index (χ0v) is 21.5. The lowest BCUT2D eigenvalue weighted by Crippen LogP contribution is -2.33. The van der Waals surface area contributed by atoms with Gasteiger partial charge < -0.3 is 14.5 Å². The van der Waals surface area contributed by atoms with Crippen molar-refractivity contribution < 1.29 is 23.9 Å². The van der Waals surface area contributed by atoms with E-state index in [1.807, 2.05) is 42.5 Å². The number of piperidine rings is 1. The maximum atomic E-state index is 13.7. The summed E-state index contributed by atoms with van der Waals surface area (Å²) in [7, 11) is -4.40. The maximum Gasteiger partial charge on any atom is 0.356 e. The van der Waals surface area contributed by atoms with Crippen LogP contribution in [0.15, 0.2) is 72.8 Å². The molecule has 1 saturated heterocycles. The molecule has 0 atom stereocenters. The monoisotopic (exact) mass is 521 g/mol. The highest BCUT2D eigenvalue weighted by Crippen LogP contribution is 2.42. The van der Waals surface area contributed by atoms with E-state index in [0.29, 0.717) is 27.8 Å². The lowest BCUT2D eigenvalue weighted by Gasteiger charge is -2.26. The smallest absolute Gasteiger partial charge is 0.356 e. The van der Waals surface area contributed by atoms with Crippen molar-refractivity contribution in [2.24, 2.45) is 0 Å². The minimum atomic E-state index is -4.40. The highest BCUT2D eigenvalue weighted by molar-refractivity contribution is 7.60. The lowest BCUT2D eigenvalue weighted by atomic mass is 9.97. The van der Waals surface area contributed by atoms with Crippen LogP contribution in [-0.2, 0) is 4.57 Å². The summed E-state index contributed by atoms with van der Waals surface area (Å²) >= 11 is 1.36. The Kier molecular flexibility index (Phi) is 7.37. The van der Waals surface area contributed by atoms with E-state index in [2.05, 4.69) is 4.90 Å². The normalized spacial score (nSPS) is 14.7. The molecule has 1 aliphatic rings. The number of ether oxygens (including phenoxy) is 1. The molecule has 0 aliphatic carbocycles. The molecule has 36 heavy (non-hydrogen) atoms. The number of nitrogens with zero attached hydrogens (tertiary/aromatic N) is 1. The van der Waals surface area contributed by atoms with E-state index < -0.39 is 7.60 Å². The van der Waals surface area contributed by atoms with Crippen molar-refractivity contribution in [2.75, 3.05) is 26.2 Å². The van der Waals surface area contributed by atoms with Crippen LogP contribution in [0.1, 0.15) is 35.2 Å². The maximum absolute atomic E-state index is 13.7. The van der Waals surface area contributed by atoms with Crippen LogP contribution in [0, 0.1) is 0 Å². The summed E-state index contributed by atoms with van der Waals surface area (Å²) in [5, 5.41) is 0.629. The van der Waals surface area contributed by atoms with E-state index in [1.54, 1.807) is 18.2 Å². The Labute approximate surface area is 214 Å². The fourth-order valence-electron chi connectivity index (χ4n) is 4.61. The van der Waals surface area contributed by atoms with Crippen LogP contribution in [-0.4, -0.2) is 46.7 Å². The van der Waals surface area contributed by atoms with Gasteiger partial charge in [0.05, 0.1) is 5.30 Å². The predicted octanol–water partition coefficient (Wildman–Crippen LogP) is 5.47. The van der Waals surface area contributed by atoms with Crippen LogP contribution < -0.4 is 10.0 Å². The Morgan fingerprint density at radius 3 is 2.36 bits per heavy atom. The minimum absolute atomic E-state index is 0.0547. The Morgan fingerprint density at radius 2 is 1.67 bits per heavy atom. The largest absolute Gasteiger partial charge is 0.492 e. The predicted molar refractivity (Wildman–Crippen MR) is 145 cm³/mol. The lowest BCUT2D eigenvalue weighted by molar-refractivity contribution is 0.104. The van der Waals surface area contributed by atoms with Crippen LogP contribution in [0.2, 0.25) is 0 Å². The molecule has 0 saturated carbocycles. The van der Waals surface area contributed by atoms with Gasteiger partial charge >= 0.3 is 7.60 Å². The third-order valence-electron chi connectivity index (χ3n) is 6.51. The molecule has 8 heteroatoms. The molecule has 1 aromatic heterocycles. The first kappa shape index (κ1) is 24.9. The van der Waals surface area contributed by atoms with Gasteiger partial charge in [0, 0.05) is 32.6 Å². The zero-order valence-electron chi connectivity index (χ0n) is 19.8. The first-order valence-electron chi connectivity index (χ1n) is 12.1.